The Balaban J connectivity index is 1.96. The summed E-state index contributed by atoms with van der Waals surface area (Å²) in [6.07, 6.45) is 4.04. The number of nitrogens with zero attached hydrogens (tertiary/aromatic N) is 3. The van der Waals surface area contributed by atoms with Gasteiger partial charge in [0.25, 0.3) is 0 Å². The zero-order valence-corrected chi connectivity index (χ0v) is 23.6. The molecule has 1 aliphatic carbocycles. The third kappa shape index (κ3) is 7.11. The van der Waals surface area contributed by atoms with Gasteiger partial charge in [0.2, 0.25) is 11.8 Å². The van der Waals surface area contributed by atoms with E-state index in [1.807, 2.05) is 57.2 Å². The van der Waals surface area contributed by atoms with Gasteiger partial charge < -0.3 is 10.2 Å². The molecule has 1 atom stereocenters. The molecule has 2 aromatic rings. The lowest BCUT2D eigenvalue weighted by molar-refractivity contribution is -0.139. The van der Waals surface area contributed by atoms with Crippen molar-refractivity contribution in [2.75, 3.05) is 24.9 Å². The minimum atomic E-state index is -3.99. The van der Waals surface area contributed by atoms with Crippen molar-refractivity contribution in [2.24, 2.45) is 0 Å². The average molecular weight is 529 g/mol. The smallest absolute Gasteiger partial charge is 0.304 e. The number of hydrogen-bond acceptors (Lipinski definition) is 4. The molecule has 8 nitrogen and oxygen atoms in total. The van der Waals surface area contributed by atoms with Crippen LogP contribution >= 0.6 is 0 Å². The highest BCUT2D eigenvalue weighted by Crippen LogP contribution is 2.26. The molecule has 37 heavy (non-hydrogen) atoms. The molecule has 0 saturated heterocycles. The molecule has 2 amide bonds. The van der Waals surface area contributed by atoms with Gasteiger partial charge in [-0.1, -0.05) is 54.8 Å². The van der Waals surface area contributed by atoms with Crippen molar-refractivity contribution in [2.45, 2.75) is 72.0 Å². The maximum Gasteiger partial charge on any atom is 0.304 e. The molecular formula is C28H40N4O4S. The minimum absolute atomic E-state index is 0.117. The summed E-state index contributed by atoms with van der Waals surface area (Å²) in [5.74, 6) is -0.663. The number of anilines is 1. The van der Waals surface area contributed by atoms with Crippen LogP contribution < -0.4 is 9.62 Å². The Bertz CT molecular complexity index is 1220. The third-order valence-electron chi connectivity index (χ3n) is 6.96. The van der Waals surface area contributed by atoms with Gasteiger partial charge in [0, 0.05) is 26.7 Å². The lowest BCUT2D eigenvalue weighted by Gasteiger charge is -2.33. The van der Waals surface area contributed by atoms with Crippen molar-refractivity contribution in [3.63, 3.8) is 0 Å². The Morgan fingerprint density at radius 2 is 1.65 bits per heavy atom. The molecule has 0 aliphatic heterocycles. The highest BCUT2D eigenvalue weighted by molar-refractivity contribution is 7.90. The minimum Gasteiger partial charge on any atom is -0.352 e. The van der Waals surface area contributed by atoms with Crippen molar-refractivity contribution >= 4 is 27.7 Å². The Labute approximate surface area is 221 Å². The van der Waals surface area contributed by atoms with E-state index in [0.29, 0.717) is 5.69 Å². The molecule has 9 heteroatoms. The molecule has 0 heterocycles. The molecule has 202 valence electrons. The van der Waals surface area contributed by atoms with Gasteiger partial charge in [-0.05, 0) is 63.3 Å². The highest BCUT2D eigenvalue weighted by Gasteiger charge is 2.34. The number of benzene rings is 2. The van der Waals surface area contributed by atoms with Crippen molar-refractivity contribution in [3.8, 4) is 0 Å². The van der Waals surface area contributed by atoms with Crippen LogP contribution in [0.4, 0.5) is 5.69 Å². The normalized spacial score (nSPS) is 15.0. The second-order valence-electron chi connectivity index (χ2n) is 10.3. The zero-order chi connectivity index (χ0) is 27.3. The van der Waals surface area contributed by atoms with Crippen LogP contribution in [0, 0.1) is 20.8 Å². The number of amides is 2. The first-order chi connectivity index (χ1) is 17.4. The summed E-state index contributed by atoms with van der Waals surface area (Å²) in [6.45, 7) is 7.16. The summed E-state index contributed by atoms with van der Waals surface area (Å²) < 4.78 is 29.0. The number of carbonyl (C=O) groups is 2. The molecule has 3 rings (SSSR count). The molecule has 0 spiro atoms. The van der Waals surface area contributed by atoms with Crippen LogP contribution in [0.3, 0.4) is 0 Å². The van der Waals surface area contributed by atoms with E-state index < -0.39 is 28.7 Å². The topological polar surface area (TPSA) is 90.0 Å². The van der Waals surface area contributed by atoms with Gasteiger partial charge in [-0.15, -0.1) is 0 Å². The number of rotatable bonds is 10. The third-order valence-corrected chi connectivity index (χ3v) is 8.76. The summed E-state index contributed by atoms with van der Waals surface area (Å²) in [5.41, 5.74) is 3.98. The van der Waals surface area contributed by atoms with Gasteiger partial charge in [0.1, 0.15) is 12.6 Å². The van der Waals surface area contributed by atoms with Gasteiger partial charge in [-0.2, -0.15) is 12.7 Å². The van der Waals surface area contributed by atoms with Gasteiger partial charge in [-0.25, -0.2) is 4.31 Å². The van der Waals surface area contributed by atoms with Gasteiger partial charge >= 0.3 is 10.2 Å². The van der Waals surface area contributed by atoms with E-state index in [4.69, 9.17) is 0 Å². The van der Waals surface area contributed by atoms with E-state index in [1.54, 1.807) is 13.0 Å². The number of nitrogens with one attached hydrogen (secondary N) is 1. The zero-order valence-electron chi connectivity index (χ0n) is 22.8. The quantitative estimate of drug-likeness (QED) is 0.509. The van der Waals surface area contributed by atoms with Crippen LogP contribution in [0.2, 0.25) is 0 Å². The van der Waals surface area contributed by atoms with Crippen molar-refractivity contribution in [1.29, 1.82) is 0 Å². The van der Waals surface area contributed by atoms with Gasteiger partial charge in [-0.3, -0.25) is 9.59 Å². The van der Waals surface area contributed by atoms with E-state index in [2.05, 4.69) is 5.32 Å². The second-order valence-corrected chi connectivity index (χ2v) is 12.3. The summed E-state index contributed by atoms with van der Waals surface area (Å²) in [7, 11) is -1.10. The molecule has 1 fully saturated rings. The van der Waals surface area contributed by atoms with Crippen molar-refractivity contribution < 1.29 is 18.0 Å². The van der Waals surface area contributed by atoms with Crippen LogP contribution in [0.5, 0.6) is 0 Å². The SMILES string of the molecule is Cc1cccc(CN(C(=O)CN(c2cc(C)ccc2C)S(=O)(=O)N(C)C)[C@H](C)C(=O)NC2CCCC2)c1. The predicted molar refractivity (Wildman–Crippen MR) is 147 cm³/mol. The molecule has 0 aromatic heterocycles. The number of hydrogen-bond donors (Lipinski definition) is 1. The van der Waals surface area contributed by atoms with Crippen LogP contribution in [0.25, 0.3) is 0 Å². The maximum atomic E-state index is 13.9. The van der Waals surface area contributed by atoms with Crippen LogP contribution in [-0.2, 0) is 26.3 Å². The van der Waals surface area contributed by atoms with Gasteiger partial charge in [0.05, 0.1) is 5.69 Å². The molecule has 1 N–H and O–H groups in total. The average Bonchev–Trinajstić information content (AvgIpc) is 3.35. The van der Waals surface area contributed by atoms with Crippen LogP contribution in [-0.4, -0.2) is 62.2 Å². The van der Waals surface area contributed by atoms with Crippen molar-refractivity contribution in [1.82, 2.24) is 14.5 Å². The first-order valence-corrected chi connectivity index (χ1v) is 14.2. The number of aryl methyl sites for hydroxylation is 3. The second kappa shape index (κ2) is 12.1. The Kier molecular flexibility index (Phi) is 9.36. The Morgan fingerprint density at radius 1 is 1.00 bits per heavy atom. The van der Waals surface area contributed by atoms with Crippen LogP contribution in [0.1, 0.15) is 54.9 Å². The first kappa shape index (κ1) is 28.7. The Hall–Kier alpha value is -2.91. The van der Waals surface area contributed by atoms with Gasteiger partial charge in [0.15, 0.2) is 0 Å². The summed E-state index contributed by atoms with van der Waals surface area (Å²) in [6, 6.07) is 12.6. The van der Waals surface area contributed by atoms with E-state index in [1.165, 1.54) is 19.0 Å². The Morgan fingerprint density at radius 3 is 2.27 bits per heavy atom. The monoisotopic (exact) mass is 528 g/mol. The standard InChI is InChI=1S/C28H40N4O4S/c1-20-10-9-11-24(16-20)18-31(23(4)28(34)29-25-12-7-8-13-25)27(33)19-32(37(35,36)30(5)6)26-17-21(2)14-15-22(26)3/h9-11,14-17,23,25H,7-8,12-13,18-19H2,1-6H3,(H,29,34)/t23-/m1/s1. The summed E-state index contributed by atoms with van der Waals surface area (Å²) in [5, 5.41) is 3.09. The van der Waals surface area contributed by atoms with Crippen molar-refractivity contribution in [3.05, 3.63) is 64.7 Å². The fraction of sp³-hybridized carbons (Fsp3) is 0.500. The summed E-state index contributed by atoms with van der Waals surface area (Å²) >= 11 is 0. The molecule has 0 unspecified atom stereocenters. The predicted octanol–water partition coefficient (Wildman–Crippen LogP) is 3.70. The molecule has 1 aliphatic rings. The maximum absolute atomic E-state index is 13.9. The van der Waals surface area contributed by atoms with E-state index in [9.17, 15) is 18.0 Å². The molecule has 0 bridgehead atoms. The largest absolute Gasteiger partial charge is 0.352 e. The van der Waals surface area contributed by atoms with E-state index in [-0.39, 0.29) is 18.5 Å². The highest BCUT2D eigenvalue weighted by atomic mass is 32.2. The van der Waals surface area contributed by atoms with E-state index >= 15 is 0 Å². The van der Waals surface area contributed by atoms with E-state index in [0.717, 1.165) is 56.5 Å². The lowest BCUT2D eigenvalue weighted by Crippen LogP contribution is -2.53. The number of carbonyl (C=O) groups excluding carboxylic acids is 2. The molecular weight excluding hydrogens is 488 g/mol. The lowest BCUT2D eigenvalue weighted by atomic mass is 10.1. The molecule has 2 aromatic carbocycles. The molecule has 1 saturated carbocycles. The fourth-order valence-corrected chi connectivity index (χ4v) is 5.78. The first-order valence-electron chi connectivity index (χ1n) is 12.8. The van der Waals surface area contributed by atoms with Crippen LogP contribution in [0.15, 0.2) is 42.5 Å². The molecule has 0 radical (unpaired) electrons. The summed E-state index contributed by atoms with van der Waals surface area (Å²) in [4.78, 5) is 28.6. The fourth-order valence-electron chi connectivity index (χ4n) is 4.67.